The van der Waals surface area contributed by atoms with Gasteiger partial charge in [-0.15, -0.1) is 0 Å². The lowest BCUT2D eigenvalue weighted by molar-refractivity contribution is -0.133. The molecule has 3 aromatic rings. The third kappa shape index (κ3) is 7.57. The average Bonchev–Trinajstić information content (AvgIpc) is 3.32. The van der Waals surface area contributed by atoms with Crippen LogP contribution in [0.1, 0.15) is 67.2 Å². The lowest BCUT2D eigenvalue weighted by Crippen LogP contribution is -2.46. The predicted octanol–water partition coefficient (Wildman–Crippen LogP) is 6.68. The van der Waals surface area contributed by atoms with Crippen LogP contribution in [0.2, 0.25) is 0 Å². The molecule has 1 atom stereocenters. The summed E-state index contributed by atoms with van der Waals surface area (Å²) in [5.74, 6) is -0.104. The van der Waals surface area contributed by atoms with E-state index in [-0.39, 0.29) is 24.4 Å². The standard InChI is InChI=1S/C30H38BrN3O2/c1-5-7-18-33(21-28-9-8-19-32(28)20-25-12-16-27(31)17-13-25)29(35)22-34(24(4)6-2)30(36)26-14-10-23(3)11-15-26/h8-17,19,24H,5-7,18,20-22H2,1-4H3. The number of aromatic nitrogens is 1. The van der Waals surface area contributed by atoms with Crippen LogP contribution >= 0.6 is 15.9 Å². The SMILES string of the molecule is CCCCN(Cc1cccn1Cc1ccc(Br)cc1)C(=O)CN(C(=O)c1ccc(C)cc1)C(C)CC. The summed E-state index contributed by atoms with van der Waals surface area (Å²) in [6, 6.07) is 20.0. The fourth-order valence-electron chi connectivity index (χ4n) is 4.13. The Kier molecular flexibility index (Phi) is 10.4. The molecule has 0 aliphatic rings. The molecular formula is C30H38BrN3O2. The molecule has 0 radical (unpaired) electrons. The summed E-state index contributed by atoms with van der Waals surface area (Å²) in [5, 5.41) is 0. The lowest BCUT2D eigenvalue weighted by Gasteiger charge is -2.31. The van der Waals surface area contributed by atoms with Crippen molar-refractivity contribution >= 4 is 27.7 Å². The highest BCUT2D eigenvalue weighted by atomic mass is 79.9. The molecule has 6 heteroatoms. The van der Waals surface area contributed by atoms with E-state index in [9.17, 15) is 9.59 Å². The van der Waals surface area contributed by atoms with E-state index in [2.05, 4.69) is 58.7 Å². The van der Waals surface area contributed by atoms with Crippen LogP contribution in [0.25, 0.3) is 0 Å². The Bertz CT molecular complexity index is 1120. The van der Waals surface area contributed by atoms with Crippen LogP contribution in [0.15, 0.2) is 71.3 Å². The molecule has 36 heavy (non-hydrogen) atoms. The van der Waals surface area contributed by atoms with Crippen molar-refractivity contribution in [3.8, 4) is 0 Å². The number of hydrogen-bond acceptors (Lipinski definition) is 2. The zero-order valence-corrected chi connectivity index (χ0v) is 23.5. The molecule has 1 unspecified atom stereocenters. The first kappa shape index (κ1) is 27.7. The van der Waals surface area contributed by atoms with E-state index in [0.29, 0.717) is 18.7 Å². The maximum atomic E-state index is 13.6. The van der Waals surface area contributed by atoms with Gasteiger partial charge in [-0.2, -0.15) is 0 Å². The summed E-state index contributed by atoms with van der Waals surface area (Å²) in [7, 11) is 0. The summed E-state index contributed by atoms with van der Waals surface area (Å²) in [6.45, 7) is 10.2. The van der Waals surface area contributed by atoms with Crippen molar-refractivity contribution < 1.29 is 9.59 Å². The Morgan fingerprint density at radius 3 is 2.33 bits per heavy atom. The largest absolute Gasteiger partial charge is 0.345 e. The van der Waals surface area contributed by atoms with Gasteiger partial charge in [0.1, 0.15) is 6.54 Å². The molecule has 0 aliphatic carbocycles. The molecule has 2 amide bonds. The zero-order valence-electron chi connectivity index (χ0n) is 21.9. The second kappa shape index (κ2) is 13.4. The van der Waals surface area contributed by atoms with Crippen molar-refractivity contribution in [3.05, 3.63) is 93.7 Å². The Hall–Kier alpha value is -2.86. The second-order valence-electron chi connectivity index (χ2n) is 9.48. The van der Waals surface area contributed by atoms with E-state index in [1.165, 1.54) is 5.56 Å². The Balaban J connectivity index is 1.77. The van der Waals surface area contributed by atoms with Gasteiger partial charge in [-0.1, -0.05) is 66.0 Å². The number of amides is 2. The number of rotatable bonds is 12. The van der Waals surface area contributed by atoms with Crippen molar-refractivity contribution in [1.82, 2.24) is 14.4 Å². The van der Waals surface area contributed by atoms with Gasteiger partial charge in [0.15, 0.2) is 0 Å². The normalized spacial score (nSPS) is 11.8. The van der Waals surface area contributed by atoms with Gasteiger partial charge in [-0.3, -0.25) is 9.59 Å². The molecule has 1 aromatic heterocycles. The van der Waals surface area contributed by atoms with Gasteiger partial charge in [0.2, 0.25) is 5.91 Å². The molecule has 0 bridgehead atoms. The smallest absolute Gasteiger partial charge is 0.254 e. The molecule has 5 nitrogen and oxygen atoms in total. The molecule has 3 rings (SSSR count). The molecular weight excluding hydrogens is 514 g/mol. The number of halogens is 1. The van der Waals surface area contributed by atoms with Crippen LogP contribution in [0.5, 0.6) is 0 Å². The first-order valence-electron chi connectivity index (χ1n) is 12.9. The summed E-state index contributed by atoms with van der Waals surface area (Å²) >= 11 is 3.49. The lowest BCUT2D eigenvalue weighted by atomic mass is 10.1. The minimum Gasteiger partial charge on any atom is -0.345 e. The van der Waals surface area contributed by atoms with Crippen molar-refractivity contribution in [2.75, 3.05) is 13.1 Å². The fraction of sp³-hybridized carbons (Fsp3) is 0.400. The molecule has 0 saturated heterocycles. The number of aryl methyl sites for hydroxylation is 1. The minimum absolute atomic E-state index is 0.0133. The number of nitrogens with zero attached hydrogens (tertiary/aromatic N) is 3. The number of unbranched alkanes of at least 4 members (excludes halogenated alkanes) is 1. The van der Waals surface area contributed by atoms with Crippen molar-refractivity contribution in [2.24, 2.45) is 0 Å². The Morgan fingerprint density at radius 2 is 1.69 bits per heavy atom. The second-order valence-corrected chi connectivity index (χ2v) is 10.4. The maximum Gasteiger partial charge on any atom is 0.254 e. The number of carbonyl (C=O) groups excluding carboxylic acids is 2. The number of carbonyl (C=O) groups is 2. The maximum absolute atomic E-state index is 13.6. The summed E-state index contributed by atoms with van der Waals surface area (Å²) < 4.78 is 3.25. The molecule has 192 valence electrons. The van der Waals surface area contributed by atoms with E-state index >= 15 is 0 Å². The summed E-state index contributed by atoms with van der Waals surface area (Å²) in [6.07, 6.45) is 4.78. The van der Waals surface area contributed by atoms with Crippen molar-refractivity contribution in [2.45, 2.75) is 66.1 Å². The van der Waals surface area contributed by atoms with Gasteiger partial charge in [0.05, 0.1) is 6.54 Å². The highest BCUT2D eigenvalue weighted by Crippen LogP contribution is 2.17. The third-order valence-electron chi connectivity index (χ3n) is 6.66. The highest BCUT2D eigenvalue weighted by Gasteiger charge is 2.26. The summed E-state index contributed by atoms with van der Waals surface area (Å²) in [4.78, 5) is 30.6. The third-order valence-corrected chi connectivity index (χ3v) is 7.19. The fourth-order valence-corrected chi connectivity index (χ4v) is 4.39. The van der Waals surface area contributed by atoms with Crippen molar-refractivity contribution in [3.63, 3.8) is 0 Å². The minimum atomic E-state index is -0.0910. The van der Waals surface area contributed by atoms with Gasteiger partial charge in [0, 0.05) is 41.1 Å². The van der Waals surface area contributed by atoms with Gasteiger partial charge in [-0.05, 0) is 68.7 Å². The Morgan fingerprint density at radius 1 is 1.00 bits per heavy atom. The number of hydrogen-bond donors (Lipinski definition) is 0. The molecule has 0 saturated carbocycles. The van der Waals surface area contributed by atoms with E-state index in [4.69, 9.17) is 0 Å². The quantitative estimate of drug-likeness (QED) is 0.252. The number of benzene rings is 2. The average molecular weight is 553 g/mol. The van der Waals surface area contributed by atoms with E-state index in [1.54, 1.807) is 4.90 Å². The van der Waals surface area contributed by atoms with Crippen LogP contribution in [0.3, 0.4) is 0 Å². The van der Waals surface area contributed by atoms with Crippen molar-refractivity contribution in [1.29, 1.82) is 0 Å². The molecule has 1 heterocycles. The Labute approximate surface area is 224 Å². The van der Waals surface area contributed by atoms with Crippen LogP contribution < -0.4 is 0 Å². The monoisotopic (exact) mass is 551 g/mol. The van der Waals surface area contributed by atoms with E-state index in [1.807, 2.05) is 61.2 Å². The molecule has 0 fully saturated rings. The van der Waals surface area contributed by atoms with E-state index in [0.717, 1.165) is 41.5 Å². The topological polar surface area (TPSA) is 45.6 Å². The summed E-state index contributed by atoms with van der Waals surface area (Å²) in [5.41, 5.74) is 4.02. The van der Waals surface area contributed by atoms with Crippen LogP contribution in [0.4, 0.5) is 0 Å². The highest BCUT2D eigenvalue weighted by molar-refractivity contribution is 9.10. The van der Waals surface area contributed by atoms with Crippen LogP contribution in [0, 0.1) is 6.92 Å². The van der Waals surface area contributed by atoms with Crippen LogP contribution in [-0.4, -0.2) is 45.3 Å². The van der Waals surface area contributed by atoms with Gasteiger partial charge >= 0.3 is 0 Å². The van der Waals surface area contributed by atoms with Gasteiger partial charge in [0.25, 0.3) is 5.91 Å². The molecule has 0 aliphatic heterocycles. The van der Waals surface area contributed by atoms with Crippen LogP contribution in [-0.2, 0) is 17.9 Å². The molecule has 0 spiro atoms. The zero-order chi connectivity index (χ0) is 26.1. The van der Waals surface area contributed by atoms with Gasteiger partial charge < -0.3 is 14.4 Å². The van der Waals surface area contributed by atoms with Gasteiger partial charge in [-0.25, -0.2) is 0 Å². The first-order chi connectivity index (χ1) is 17.3. The first-order valence-corrected chi connectivity index (χ1v) is 13.7. The molecule has 2 aromatic carbocycles. The van der Waals surface area contributed by atoms with E-state index < -0.39 is 0 Å². The predicted molar refractivity (Wildman–Crippen MR) is 150 cm³/mol. The molecule has 0 N–H and O–H groups in total.